The highest BCUT2D eigenvalue weighted by molar-refractivity contribution is 7.98. The molecule has 1 aromatic heterocycles. The van der Waals surface area contributed by atoms with Crippen LogP contribution in [0.2, 0.25) is 0 Å². The Hall–Kier alpha value is -1.68. The molecule has 2 rings (SSSR count). The van der Waals surface area contributed by atoms with Crippen molar-refractivity contribution in [1.29, 1.82) is 0 Å². The number of hydrogen-bond donors (Lipinski definition) is 1. The molecule has 1 heterocycles. The van der Waals surface area contributed by atoms with Gasteiger partial charge in [0.25, 0.3) is 0 Å². The van der Waals surface area contributed by atoms with Crippen LogP contribution in [0.3, 0.4) is 0 Å². The molecular formula is C19H25NO2S. The Bertz CT molecular complexity index is 576. The number of carbonyl (C=O) groups is 1. The molecule has 3 nitrogen and oxygen atoms in total. The van der Waals surface area contributed by atoms with E-state index in [1.54, 1.807) is 18.0 Å². The first-order valence-corrected chi connectivity index (χ1v) is 9.26. The summed E-state index contributed by atoms with van der Waals surface area (Å²) in [6.07, 6.45) is 3.03. The monoisotopic (exact) mass is 331 g/mol. The maximum atomic E-state index is 11.8. The third kappa shape index (κ3) is 6.53. The summed E-state index contributed by atoms with van der Waals surface area (Å²) in [4.78, 5) is 11.8. The van der Waals surface area contributed by atoms with Crippen molar-refractivity contribution in [2.45, 2.75) is 38.4 Å². The van der Waals surface area contributed by atoms with Crippen LogP contribution < -0.4 is 5.32 Å². The quantitative estimate of drug-likeness (QED) is 0.693. The van der Waals surface area contributed by atoms with Gasteiger partial charge >= 0.3 is 0 Å². The Morgan fingerprint density at radius 3 is 2.65 bits per heavy atom. The molecule has 0 aliphatic heterocycles. The Kier molecular flexibility index (Phi) is 7.27. The summed E-state index contributed by atoms with van der Waals surface area (Å²) in [5.41, 5.74) is 2.56. The van der Waals surface area contributed by atoms with E-state index in [0.29, 0.717) is 18.9 Å². The lowest BCUT2D eigenvalue weighted by atomic mass is 10.0. The van der Waals surface area contributed by atoms with Gasteiger partial charge in [-0.2, -0.15) is 11.8 Å². The standard InChI is InChI=1S/C19H25NO2S/c1-15(2)17-8-5-16(6-9-17)7-10-19(21)20-11-13-23-14-18-4-3-12-22-18/h3-6,8-9,12,15H,7,10-11,13-14H2,1-2H3,(H,20,21). The van der Waals surface area contributed by atoms with Crippen LogP contribution in [0, 0.1) is 0 Å². The number of thioether (sulfide) groups is 1. The summed E-state index contributed by atoms with van der Waals surface area (Å²) in [6.45, 7) is 5.08. The van der Waals surface area contributed by atoms with Gasteiger partial charge in [-0.25, -0.2) is 0 Å². The number of rotatable bonds is 9. The van der Waals surface area contributed by atoms with Gasteiger partial charge in [0.2, 0.25) is 5.91 Å². The molecule has 0 atom stereocenters. The molecule has 4 heteroatoms. The maximum absolute atomic E-state index is 11.8. The number of amides is 1. The first-order chi connectivity index (χ1) is 11.1. The summed E-state index contributed by atoms with van der Waals surface area (Å²) in [5.74, 6) is 3.40. The second-order valence-electron chi connectivity index (χ2n) is 5.88. The van der Waals surface area contributed by atoms with Crippen molar-refractivity contribution < 1.29 is 9.21 Å². The lowest BCUT2D eigenvalue weighted by Crippen LogP contribution is -2.25. The van der Waals surface area contributed by atoms with Gasteiger partial charge in [0.1, 0.15) is 5.76 Å². The predicted octanol–water partition coefficient (Wildman–Crippen LogP) is 4.39. The van der Waals surface area contributed by atoms with Gasteiger partial charge in [-0.15, -0.1) is 0 Å². The summed E-state index contributed by atoms with van der Waals surface area (Å²) < 4.78 is 5.26. The molecule has 0 aliphatic carbocycles. The zero-order valence-corrected chi connectivity index (χ0v) is 14.7. The largest absolute Gasteiger partial charge is 0.468 e. The second kappa shape index (κ2) is 9.46. The summed E-state index contributed by atoms with van der Waals surface area (Å²) in [7, 11) is 0. The van der Waals surface area contributed by atoms with Crippen LogP contribution in [-0.2, 0) is 17.0 Å². The van der Waals surface area contributed by atoms with Crippen LogP contribution in [0.5, 0.6) is 0 Å². The van der Waals surface area contributed by atoms with Crippen molar-refractivity contribution in [1.82, 2.24) is 5.32 Å². The fraction of sp³-hybridized carbons (Fsp3) is 0.421. The van der Waals surface area contributed by atoms with Gasteiger partial charge in [-0.1, -0.05) is 38.1 Å². The minimum Gasteiger partial charge on any atom is -0.468 e. The molecule has 0 saturated heterocycles. The molecule has 0 saturated carbocycles. The predicted molar refractivity (Wildman–Crippen MR) is 96.7 cm³/mol. The van der Waals surface area contributed by atoms with E-state index in [1.165, 1.54) is 11.1 Å². The van der Waals surface area contributed by atoms with Gasteiger partial charge in [0, 0.05) is 18.7 Å². The van der Waals surface area contributed by atoms with Gasteiger partial charge in [-0.3, -0.25) is 4.79 Å². The zero-order chi connectivity index (χ0) is 16.5. The topological polar surface area (TPSA) is 42.2 Å². The van der Waals surface area contributed by atoms with Crippen LogP contribution in [0.4, 0.5) is 0 Å². The first kappa shape index (κ1) is 17.7. The highest BCUT2D eigenvalue weighted by Crippen LogP contribution is 2.15. The Morgan fingerprint density at radius 1 is 1.22 bits per heavy atom. The molecule has 2 aromatic rings. The van der Waals surface area contributed by atoms with Crippen LogP contribution >= 0.6 is 11.8 Å². The van der Waals surface area contributed by atoms with E-state index in [0.717, 1.165) is 23.7 Å². The normalized spacial score (nSPS) is 10.9. The number of hydrogen-bond acceptors (Lipinski definition) is 3. The number of carbonyl (C=O) groups excluding carboxylic acids is 1. The number of aryl methyl sites for hydroxylation is 1. The molecule has 1 aromatic carbocycles. The molecule has 0 aliphatic rings. The average molecular weight is 331 g/mol. The smallest absolute Gasteiger partial charge is 0.220 e. The van der Waals surface area contributed by atoms with Crippen LogP contribution in [-0.4, -0.2) is 18.2 Å². The third-order valence-corrected chi connectivity index (χ3v) is 4.66. The average Bonchev–Trinajstić information content (AvgIpc) is 3.06. The highest BCUT2D eigenvalue weighted by atomic mass is 32.2. The van der Waals surface area contributed by atoms with Crippen molar-refractivity contribution in [3.8, 4) is 0 Å². The summed E-state index contributed by atoms with van der Waals surface area (Å²) in [5, 5.41) is 2.97. The molecule has 0 spiro atoms. The minimum absolute atomic E-state index is 0.122. The summed E-state index contributed by atoms with van der Waals surface area (Å²) in [6, 6.07) is 12.4. The van der Waals surface area contributed by atoms with E-state index in [2.05, 4.69) is 43.4 Å². The van der Waals surface area contributed by atoms with Gasteiger partial charge in [0.15, 0.2) is 0 Å². The van der Waals surface area contributed by atoms with E-state index in [1.807, 2.05) is 12.1 Å². The molecular weight excluding hydrogens is 306 g/mol. The molecule has 0 fully saturated rings. The Morgan fingerprint density at radius 2 is 2.00 bits per heavy atom. The number of nitrogens with one attached hydrogen (secondary N) is 1. The lowest BCUT2D eigenvalue weighted by molar-refractivity contribution is -0.120. The van der Waals surface area contributed by atoms with Crippen molar-refractivity contribution in [3.05, 3.63) is 59.5 Å². The lowest BCUT2D eigenvalue weighted by Gasteiger charge is -2.07. The van der Waals surface area contributed by atoms with E-state index in [-0.39, 0.29) is 5.91 Å². The maximum Gasteiger partial charge on any atom is 0.220 e. The zero-order valence-electron chi connectivity index (χ0n) is 13.9. The fourth-order valence-corrected chi connectivity index (χ4v) is 3.00. The van der Waals surface area contributed by atoms with E-state index in [9.17, 15) is 4.79 Å². The van der Waals surface area contributed by atoms with Crippen LogP contribution in [0.1, 0.15) is 43.1 Å². The number of furan rings is 1. The third-order valence-electron chi connectivity index (χ3n) is 3.68. The SMILES string of the molecule is CC(C)c1ccc(CCC(=O)NCCSCc2ccco2)cc1. The van der Waals surface area contributed by atoms with Crippen molar-refractivity contribution in [2.24, 2.45) is 0 Å². The van der Waals surface area contributed by atoms with Crippen molar-refractivity contribution in [2.75, 3.05) is 12.3 Å². The van der Waals surface area contributed by atoms with Crippen LogP contribution in [0.25, 0.3) is 0 Å². The first-order valence-electron chi connectivity index (χ1n) is 8.11. The van der Waals surface area contributed by atoms with Gasteiger partial charge < -0.3 is 9.73 Å². The number of benzene rings is 1. The molecule has 0 radical (unpaired) electrons. The Labute approximate surface area is 142 Å². The molecule has 1 N–H and O–H groups in total. The van der Waals surface area contributed by atoms with Gasteiger partial charge in [0.05, 0.1) is 12.0 Å². The minimum atomic E-state index is 0.122. The van der Waals surface area contributed by atoms with E-state index < -0.39 is 0 Å². The molecule has 0 unspecified atom stereocenters. The molecule has 124 valence electrons. The van der Waals surface area contributed by atoms with Gasteiger partial charge in [-0.05, 0) is 35.6 Å². The van der Waals surface area contributed by atoms with Crippen LogP contribution in [0.15, 0.2) is 47.1 Å². The fourth-order valence-electron chi connectivity index (χ4n) is 2.25. The van der Waals surface area contributed by atoms with E-state index >= 15 is 0 Å². The molecule has 1 amide bonds. The molecule has 0 bridgehead atoms. The summed E-state index contributed by atoms with van der Waals surface area (Å²) >= 11 is 1.76. The second-order valence-corrected chi connectivity index (χ2v) is 6.98. The van der Waals surface area contributed by atoms with Crippen molar-refractivity contribution >= 4 is 17.7 Å². The Balaban J connectivity index is 1.57. The van der Waals surface area contributed by atoms with Crippen molar-refractivity contribution in [3.63, 3.8) is 0 Å². The molecule has 23 heavy (non-hydrogen) atoms. The van der Waals surface area contributed by atoms with E-state index in [4.69, 9.17) is 4.42 Å². The highest BCUT2D eigenvalue weighted by Gasteiger charge is 2.03.